The Kier molecular flexibility index (Phi) is 4.33. The Bertz CT molecular complexity index is 547. The van der Waals surface area contributed by atoms with Crippen molar-refractivity contribution in [2.24, 2.45) is 11.8 Å². The largest absolute Gasteiger partial charge is 0.126 e. The summed E-state index contributed by atoms with van der Waals surface area (Å²) in [5, 5.41) is 0.796. The number of benzene rings is 2. The van der Waals surface area contributed by atoms with E-state index in [1.54, 1.807) is 0 Å². The fourth-order valence-corrected chi connectivity index (χ4v) is 3.53. The van der Waals surface area contributed by atoms with Gasteiger partial charge in [0.15, 0.2) is 0 Å². The molecule has 0 radical (unpaired) electrons. The molecule has 20 heavy (non-hydrogen) atoms. The highest BCUT2D eigenvalue weighted by Gasteiger charge is 2.43. The molecule has 0 amide bonds. The molecular formula is C18H18Cl2. The minimum atomic E-state index is 0.558. The first-order valence-corrected chi connectivity index (χ1v) is 8.04. The number of hydrogen-bond donors (Lipinski definition) is 0. The second-order valence-corrected chi connectivity index (χ2v) is 6.41. The molecule has 0 spiro atoms. The smallest absolute Gasteiger partial charge is 0.0406 e. The van der Waals surface area contributed by atoms with E-state index in [9.17, 15) is 0 Å². The van der Waals surface area contributed by atoms with E-state index in [1.165, 1.54) is 17.5 Å². The van der Waals surface area contributed by atoms with Crippen molar-refractivity contribution in [3.63, 3.8) is 0 Å². The van der Waals surface area contributed by atoms with Gasteiger partial charge in [-0.2, -0.15) is 0 Å². The third-order valence-electron chi connectivity index (χ3n) is 4.28. The molecule has 3 rings (SSSR count). The van der Waals surface area contributed by atoms with Gasteiger partial charge in [0, 0.05) is 10.9 Å². The number of hydrogen-bond acceptors (Lipinski definition) is 0. The number of alkyl halides is 1. The summed E-state index contributed by atoms with van der Waals surface area (Å²) in [4.78, 5) is 0. The van der Waals surface area contributed by atoms with E-state index in [0.717, 1.165) is 23.2 Å². The lowest BCUT2D eigenvalue weighted by atomic mass is 9.94. The quantitative estimate of drug-likeness (QED) is 0.636. The van der Waals surface area contributed by atoms with E-state index < -0.39 is 0 Å². The predicted octanol–water partition coefficient (Wildman–Crippen LogP) is 5.54. The van der Waals surface area contributed by atoms with Gasteiger partial charge in [-0.1, -0.05) is 54.1 Å². The van der Waals surface area contributed by atoms with Gasteiger partial charge < -0.3 is 0 Å². The van der Waals surface area contributed by atoms with Crippen LogP contribution in [0.2, 0.25) is 5.02 Å². The van der Waals surface area contributed by atoms with Crippen molar-refractivity contribution in [2.75, 3.05) is 5.88 Å². The van der Waals surface area contributed by atoms with Crippen molar-refractivity contribution in [1.29, 1.82) is 0 Å². The molecule has 1 aliphatic rings. The lowest BCUT2D eigenvalue weighted by Crippen LogP contribution is -2.10. The second-order valence-electron chi connectivity index (χ2n) is 5.66. The first-order valence-electron chi connectivity index (χ1n) is 7.13. The maximum Gasteiger partial charge on any atom is 0.0406 e. The van der Waals surface area contributed by atoms with Crippen molar-refractivity contribution >= 4 is 23.2 Å². The molecule has 3 atom stereocenters. The minimum absolute atomic E-state index is 0.558. The Balaban J connectivity index is 1.65. The van der Waals surface area contributed by atoms with E-state index in [2.05, 4.69) is 42.5 Å². The average Bonchev–Trinajstić information content (AvgIpc) is 3.28. The fraction of sp³-hybridized carbons (Fsp3) is 0.333. The Morgan fingerprint density at radius 2 is 1.70 bits per heavy atom. The molecule has 0 aliphatic heterocycles. The lowest BCUT2D eigenvalue weighted by molar-refractivity contribution is 0.501. The van der Waals surface area contributed by atoms with Crippen molar-refractivity contribution in [3.8, 4) is 0 Å². The van der Waals surface area contributed by atoms with Crippen LogP contribution < -0.4 is 0 Å². The van der Waals surface area contributed by atoms with Crippen LogP contribution in [0.4, 0.5) is 0 Å². The first kappa shape index (κ1) is 14.0. The van der Waals surface area contributed by atoms with Crippen LogP contribution in [0.25, 0.3) is 0 Å². The Labute approximate surface area is 130 Å². The van der Waals surface area contributed by atoms with Gasteiger partial charge in [0.2, 0.25) is 0 Å². The zero-order chi connectivity index (χ0) is 13.9. The molecule has 0 aromatic heterocycles. The van der Waals surface area contributed by atoms with Gasteiger partial charge in [0.1, 0.15) is 0 Å². The Hall–Kier alpha value is -0.980. The summed E-state index contributed by atoms with van der Waals surface area (Å²) in [6.45, 7) is 0. The van der Waals surface area contributed by atoms with Gasteiger partial charge in [-0.3, -0.25) is 0 Å². The highest BCUT2D eigenvalue weighted by Crippen LogP contribution is 2.52. The molecule has 1 saturated carbocycles. The van der Waals surface area contributed by atoms with Gasteiger partial charge in [-0.25, -0.2) is 0 Å². The Morgan fingerprint density at radius 3 is 2.35 bits per heavy atom. The molecule has 1 aliphatic carbocycles. The molecule has 0 nitrogen and oxygen atoms in total. The van der Waals surface area contributed by atoms with Gasteiger partial charge in [-0.15, -0.1) is 11.6 Å². The fourth-order valence-electron chi connectivity index (χ4n) is 3.06. The van der Waals surface area contributed by atoms with Crippen LogP contribution in [0.15, 0.2) is 54.6 Å². The summed E-state index contributed by atoms with van der Waals surface area (Å²) < 4.78 is 0. The first-order chi connectivity index (χ1) is 9.78. The van der Waals surface area contributed by atoms with E-state index >= 15 is 0 Å². The normalized spacial score (nSPS) is 22.5. The molecule has 0 heterocycles. The summed E-state index contributed by atoms with van der Waals surface area (Å²) in [6, 6.07) is 18.9. The Morgan fingerprint density at radius 1 is 1.00 bits per heavy atom. The van der Waals surface area contributed by atoms with Crippen molar-refractivity contribution in [1.82, 2.24) is 0 Å². The van der Waals surface area contributed by atoms with Crippen LogP contribution in [0, 0.1) is 11.8 Å². The van der Waals surface area contributed by atoms with Crippen LogP contribution in [0.3, 0.4) is 0 Å². The maximum absolute atomic E-state index is 6.21. The minimum Gasteiger partial charge on any atom is -0.126 e. The van der Waals surface area contributed by atoms with E-state index in [4.69, 9.17) is 23.2 Å². The second kappa shape index (κ2) is 6.20. The molecule has 104 valence electrons. The molecule has 2 aromatic rings. The highest BCUT2D eigenvalue weighted by atomic mass is 35.5. The zero-order valence-corrected chi connectivity index (χ0v) is 12.8. The lowest BCUT2D eigenvalue weighted by Gasteiger charge is -2.14. The van der Waals surface area contributed by atoms with Crippen LogP contribution in [-0.4, -0.2) is 5.88 Å². The zero-order valence-electron chi connectivity index (χ0n) is 11.3. The molecule has 0 N–H and O–H groups in total. The molecule has 0 bridgehead atoms. The van der Waals surface area contributed by atoms with Gasteiger partial charge in [0.25, 0.3) is 0 Å². The molecular weight excluding hydrogens is 287 g/mol. The number of halogens is 2. The SMILES string of the molecule is ClCC(Cc1ccc(Cl)cc1)C1CC1c1ccccc1. The third-order valence-corrected chi connectivity index (χ3v) is 4.93. The monoisotopic (exact) mass is 304 g/mol. The summed E-state index contributed by atoms with van der Waals surface area (Å²) in [5.74, 6) is 2.72. The van der Waals surface area contributed by atoms with Gasteiger partial charge in [0.05, 0.1) is 0 Å². The topological polar surface area (TPSA) is 0 Å². The van der Waals surface area contributed by atoms with E-state index in [0.29, 0.717) is 11.8 Å². The van der Waals surface area contributed by atoms with Gasteiger partial charge >= 0.3 is 0 Å². The predicted molar refractivity (Wildman–Crippen MR) is 86.7 cm³/mol. The molecule has 0 saturated heterocycles. The summed E-state index contributed by atoms with van der Waals surface area (Å²) >= 11 is 12.1. The molecule has 1 fully saturated rings. The molecule has 2 aromatic carbocycles. The van der Waals surface area contributed by atoms with Crippen molar-refractivity contribution in [3.05, 3.63) is 70.7 Å². The van der Waals surface area contributed by atoms with Crippen LogP contribution >= 0.6 is 23.2 Å². The van der Waals surface area contributed by atoms with Gasteiger partial charge in [-0.05, 0) is 53.9 Å². The maximum atomic E-state index is 6.21. The van der Waals surface area contributed by atoms with E-state index in [-0.39, 0.29) is 0 Å². The summed E-state index contributed by atoms with van der Waals surface area (Å²) in [6.07, 6.45) is 2.32. The summed E-state index contributed by atoms with van der Waals surface area (Å²) in [7, 11) is 0. The van der Waals surface area contributed by atoms with Crippen molar-refractivity contribution < 1.29 is 0 Å². The standard InChI is InChI=1S/C18H18Cl2/c19-12-15(10-13-6-8-16(20)9-7-13)18-11-17(18)14-4-2-1-3-5-14/h1-9,15,17-18H,10-12H2. The van der Waals surface area contributed by atoms with Crippen LogP contribution in [0.5, 0.6) is 0 Å². The van der Waals surface area contributed by atoms with Crippen molar-refractivity contribution in [2.45, 2.75) is 18.8 Å². The highest BCUT2D eigenvalue weighted by molar-refractivity contribution is 6.30. The number of rotatable bonds is 5. The van der Waals surface area contributed by atoms with E-state index in [1.807, 2.05) is 12.1 Å². The average molecular weight is 305 g/mol. The van der Waals surface area contributed by atoms with Crippen LogP contribution in [-0.2, 0) is 6.42 Å². The molecule has 3 unspecified atom stereocenters. The summed E-state index contributed by atoms with van der Waals surface area (Å²) in [5.41, 5.74) is 2.79. The third kappa shape index (κ3) is 3.19. The van der Waals surface area contributed by atoms with Crippen LogP contribution in [0.1, 0.15) is 23.5 Å². The molecule has 2 heteroatoms.